The molecule has 0 spiro atoms. The number of carbonyl (C=O) groups is 2. The van der Waals surface area contributed by atoms with E-state index in [0.717, 1.165) is 5.01 Å². The summed E-state index contributed by atoms with van der Waals surface area (Å²) in [6.45, 7) is 1.49. The van der Waals surface area contributed by atoms with Crippen LogP contribution in [0.1, 0.15) is 17.8 Å². The molecule has 5 nitrogen and oxygen atoms in total. The van der Waals surface area contributed by atoms with E-state index in [-0.39, 0.29) is 28.5 Å². The van der Waals surface area contributed by atoms with Gasteiger partial charge in [-0.05, 0) is 6.08 Å². The first-order valence-corrected chi connectivity index (χ1v) is 7.31. The fourth-order valence-electron chi connectivity index (χ4n) is 2.05. The van der Waals surface area contributed by atoms with Crippen LogP contribution in [0.3, 0.4) is 0 Å². The highest BCUT2D eigenvalue weighted by molar-refractivity contribution is 8.00. The Hall–Kier alpha value is -1.34. The van der Waals surface area contributed by atoms with Crippen LogP contribution in [0.25, 0.3) is 0 Å². The lowest BCUT2D eigenvalue weighted by molar-refractivity contribution is -0.140. The normalized spacial score (nSPS) is 29.7. The van der Waals surface area contributed by atoms with Gasteiger partial charge in [-0.3, -0.25) is 9.59 Å². The number of amides is 2. The monoisotopic (exact) mass is 281 g/mol. The van der Waals surface area contributed by atoms with E-state index in [1.165, 1.54) is 18.3 Å². The van der Waals surface area contributed by atoms with Gasteiger partial charge >= 0.3 is 0 Å². The van der Waals surface area contributed by atoms with E-state index in [4.69, 9.17) is 0 Å². The maximum Gasteiger partial charge on any atom is 0.240 e. The molecule has 7 heteroatoms. The van der Waals surface area contributed by atoms with Gasteiger partial charge in [0.2, 0.25) is 11.8 Å². The second kappa shape index (κ2) is 4.40. The van der Waals surface area contributed by atoms with Crippen molar-refractivity contribution in [2.24, 2.45) is 0 Å². The molecule has 18 heavy (non-hydrogen) atoms. The molecule has 2 unspecified atom stereocenters. The third-order valence-electron chi connectivity index (χ3n) is 2.85. The molecule has 2 aliphatic heterocycles. The molecule has 3 rings (SSSR count). The van der Waals surface area contributed by atoms with Crippen molar-refractivity contribution in [2.45, 2.75) is 23.6 Å². The summed E-state index contributed by atoms with van der Waals surface area (Å²) < 4.78 is 0. The predicted molar refractivity (Wildman–Crippen MR) is 69.8 cm³/mol. The number of nitrogens with one attached hydrogen (secondary N) is 1. The number of nitrogens with zero attached hydrogens (tertiary/aromatic N) is 2. The van der Waals surface area contributed by atoms with Crippen molar-refractivity contribution in [1.29, 1.82) is 0 Å². The fourth-order valence-corrected chi connectivity index (χ4v) is 4.30. The topological polar surface area (TPSA) is 62.3 Å². The first-order valence-electron chi connectivity index (χ1n) is 5.49. The zero-order valence-corrected chi connectivity index (χ0v) is 11.2. The fraction of sp³-hybridized carbons (Fsp3) is 0.364. The van der Waals surface area contributed by atoms with Crippen LogP contribution in [0.15, 0.2) is 23.9 Å². The number of hydrogen-bond acceptors (Lipinski definition) is 5. The molecule has 0 aliphatic carbocycles. The van der Waals surface area contributed by atoms with Gasteiger partial charge in [-0.1, -0.05) is 0 Å². The standard InChI is InChI=1S/C11H11N3O2S2/c1-6(15)13-7-2-4-14-10(16)8(11(14)18-7)9-12-3-5-17-9/h2-5,7-8,11H,1H3,(H,13,15)/t7?,8?,11-/m1/s1. The van der Waals surface area contributed by atoms with Gasteiger partial charge in [0.05, 0.1) is 5.37 Å². The van der Waals surface area contributed by atoms with Crippen molar-refractivity contribution >= 4 is 34.9 Å². The quantitative estimate of drug-likeness (QED) is 0.825. The molecule has 2 amide bonds. The van der Waals surface area contributed by atoms with Gasteiger partial charge in [0, 0.05) is 24.7 Å². The summed E-state index contributed by atoms with van der Waals surface area (Å²) in [5.41, 5.74) is 0. The number of aromatic nitrogens is 1. The number of β-lactam (4-membered cyclic amide) rings is 1. The Morgan fingerprint density at radius 1 is 1.56 bits per heavy atom. The van der Waals surface area contributed by atoms with Crippen LogP contribution < -0.4 is 5.32 Å². The van der Waals surface area contributed by atoms with Gasteiger partial charge in [-0.15, -0.1) is 23.1 Å². The maximum absolute atomic E-state index is 12.0. The number of thiazole rings is 1. The van der Waals surface area contributed by atoms with Crippen LogP contribution in [0.2, 0.25) is 0 Å². The van der Waals surface area contributed by atoms with E-state index in [0.29, 0.717) is 0 Å². The number of carbonyl (C=O) groups excluding carboxylic acids is 2. The van der Waals surface area contributed by atoms with E-state index in [9.17, 15) is 9.59 Å². The van der Waals surface area contributed by atoms with E-state index >= 15 is 0 Å². The molecular formula is C11H11N3O2S2. The molecular weight excluding hydrogens is 270 g/mol. The summed E-state index contributed by atoms with van der Waals surface area (Å²) in [4.78, 5) is 28.9. The van der Waals surface area contributed by atoms with Crippen molar-refractivity contribution in [3.8, 4) is 0 Å². The van der Waals surface area contributed by atoms with E-state index in [1.807, 2.05) is 11.5 Å². The molecule has 0 bridgehead atoms. The number of thioether (sulfide) groups is 1. The molecule has 1 aromatic heterocycles. The van der Waals surface area contributed by atoms with Gasteiger partial charge < -0.3 is 10.2 Å². The Morgan fingerprint density at radius 3 is 3.06 bits per heavy atom. The van der Waals surface area contributed by atoms with E-state index in [2.05, 4.69) is 10.3 Å². The minimum absolute atomic E-state index is 0.0468. The minimum Gasteiger partial charge on any atom is -0.341 e. The molecule has 1 fully saturated rings. The SMILES string of the molecule is CC(=O)NC1C=CN2C(=O)C(c3nccs3)[C@H]2S1. The first kappa shape index (κ1) is 11.7. The van der Waals surface area contributed by atoms with Crippen molar-refractivity contribution in [1.82, 2.24) is 15.2 Å². The lowest BCUT2D eigenvalue weighted by atomic mass is 9.99. The van der Waals surface area contributed by atoms with Gasteiger partial charge in [0.1, 0.15) is 16.3 Å². The van der Waals surface area contributed by atoms with E-state index in [1.54, 1.807) is 29.1 Å². The second-order valence-electron chi connectivity index (χ2n) is 4.08. The molecule has 0 aromatic carbocycles. The Morgan fingerprint density at radius 2 is 2.39 bits per heavy atom. The minimum atomic E-state index is -0.170. The average Bonchev–Trinajstić information content (AvgIpc) is 2.81. The van der Waals surface area contributed by atoms with Crippen LogP contribution in [0.4, 0.5) is 0 Å². The largest absolute Gasteiger partial charge is 0.341 e. The zero-order chi connectivity index (χ0) is 12.7. The summed E-state index contributed by atoms with van der Waals surface area (Å²) in [5, 5.41) is 5.53. The Balaban J connectivity index is 1.78. The first-order chi connectivity index (χ1) is 8.66. The summed E-state index contributed by atoms with van der Waals surface area (Å²) in [5.74, 6) is -0.154. The van der Waals surface area contributed by atoms with Gasteiger partial charge in [0.15, 0.2) is 0 Å². The van der Waals surface area contributed by atoms with Crippen molar-refractivity contribution < 1.29 is 9.59 Å². The molecule has 1 saturated heterocycles. The maximum atomic E-state index is 12.0. The van der Waals surface area contributed by atoms with Crippen molar-refractivity contribution in [3.05, 3.63) is 28.9 Å². The van der Waals surface area contributed by atoms with Crippen LogP contribution >= 0.6 is 23.1 Å². The number of rotatable bonds is 2. The number of hydrogen-bond donors (Lipinski definition) is 1. The highest BCUT2D eigenvalue weighted by atomic mass is 32.2. The van der Waals surface area contributed by atoms with Crippen molar-refractivity contribution in [2.75, 3.05) is 0 Å². The zero-order valence-electron chi connectivity index (χ0n) is 9.57. The van der Waals surface area contributed by atoms with Gasteiger partial charge in [-0.2, -0.15) is 0 Å². The lowest BCUT2D eigenvalue weighted by Gasteiger charge is -2.47. The Kier molecular flexibility index (Phi) is 2.87. The molecule has 3 heterocycles. The Labute approximate surface area is 112 Å². The average molecular weight is 281 g/mol. The molecule has 1 aromatic rings. The summed E-state index contributed by atoms with van der Waals surface area (Å²) in [7, 11) is 0. The lowest BCUT2D eigenvalue weighted by Crippen LogP contribution is -2.57. The molecule has 94 valence electrons. The van der Waals surface area contributed by atoms with E-state index < -0.39 is 0 Å². The van der Waals surface area contributed by atoms with Gasteiger partial charge in [0.25, 0.3) is 0 Å². The van der Waals surface area contributed by atoms with Crippen LogP contribution in [0, 0.1) is 0 Å². The summed E-state index contributed by atoms with van der Waals surface area (Å²) >= 11 is 3.07. The summed E-state index contributed by atoms with van der Waals surface area (Å²) in [6.07, 6.45) is 5.30. The second-order valence-corrected chi connectivity index (χ2v) is 6.27. The highest BCUT2D eigenvalue weighted by Gasteiger charge is 2.51. The molecule has 0 saturated carbocycles. The molecule has 1 N–H and O–H groups in total. The van der Waals surface area contributed by atoms with Gasteiger partial charge in [-0.25, -0.2) is 4.98 Å². The smallest absolute Gasteiger partial charge is 0.240 e. The highest BCUT2D eigenvalue weighted by Crippen LogP contribution is 2.46. The third-order valence-corrected chi connectivity index (χ3v) is 5.06. The van der Waals surface area contributed by atoms with Crippen LogP contribution in [-0.4, -0.2) is 32.4 Å². The van der Waals surface area contributed by atoms with Crippen LogP contribution in [0.5, 0.6) is 0 Å². The van der Waals surface area contributed by atoms with Crippen LogP contribution in [-0.2, 0) is 9.59 Å². The molecule has 0 radical (unpaired) electrons. The molecule has 3 atom stereocenters. The Bertz CT molecular complexity index is 514. The molecule has 2 aliphatic rings. The number of fused-ring (bicyclic) bond motifs is 1. The summed E-state index contributed by atoms with van der Waals surface area (Å²) in [6, 6.07) is 0. The van der Waals surface area contributed by atoms with Crippen molar-refractivity contribution in [3.63, 3.8) is 0 Å². The predicted octanol–water partition coefficient (Wildman–Crippen LogP) is 1.12. The third kappa shape index (κ3) is 1.83.